The van der Waals surface area contributed by atoms with Gasteiger partial charge in [0.2, 0.25) is 0 Å². The maximum absolute atomic E-state index is 9.00. The zero-order valence-corrected chi connectivity index (χ0v) is 4.16. The van der Waals surface area contributed by atoms with Crippen LogP contribution in [0.1, 0.15) is 6.92 Å². The van der Waals surface area contributed by atoms with Crippen molar-refractivity contribution in [2.45, 2.75) is 6.92 Å². The molecule has 0 saturated carbocycles. The Morgan fingerprint density at radius 2 is 1.10 bits per heavy atom. The van der Waals surface area contributed by atoms with Gasteiger partial charge < -0.3 is 15.3 Å². The van der Waals surface area contributed by atoms with Crippen molar-refractivity contribution in [3.05, 3.63) is 0 Å². The fraction of sp³-hybridized carbons (Fsp3) is 0.333. The SMILES string of the molecule is CC(=O)O.O=C(O)O.[KH].[NaH]. The summed E-state index contributed by atoms with van der Waals surface area (Å²) in [6, 6.07) is 0. The van der Waals surface area contributed by atoms with Crippen molar-refractivity contribution in [1.29, 1.82) is 0 Å². The number of carboxylic acid groups (broad SMARTS) is 3. The van der Waals surface area contributed by atoms with Gasteiger partial charge in [0, 0.05) is 6.92 Å². The summed E-state index contributed by atoms with van der Waals surface area (Å²) in [7, 11) is 0. The molecular formula is C3H8KNaO5. The van der Waals surface area contributed by atoms with Crippen LogP contribution in [0.4, 0.5) is 4.79 Å². The van der Waals surface area contributed by atoms with E-state index in [4.69, 9.17) is 24.9 Å². The molecule has 0 bridgehead atoms. The average Bonchev–Trinajstić information content (AvgIpc) is 1.25. The van der Waals surface area contributed by atoms with E-state index in [1.165, 1.54) is 0 Å². The van der Waals surface area contributed by atoms with Crippen molar-refractivity contribution in [3.63, 3.8) is 0 Å². The Balaban J connectivity index is -0.0000000300. The zero-order chi connectivity index (χ0) is 7.15. The number of carboxylic acids is 1. The number of hydrogen-bond donors (Lipinski definition) is 3. The van der Waals surface area contributed by atoms with Gasteiger partial charge in [0.25, 0.3) is 5.97 Å². The second-order valence-electron chi connectivity index (χ2n) is 0.802. The van der Waals surface area contributed by atoms with E-state index in [1.54, 1.807) is 0 Å². The Morgan fingerprint density at radius 1 is 1.10 bits per heavy atom. The predicted molar refractivity (Wildman–Crippen MR) is 38.3 cm³/mol. The molecule has 0 amide bonds. The first-order valence-corrected chi connectivity index (χ1v) is 1.58. The van der Waals surface area contributed by atoms with Crippen LogP contribution >= 0.6 is 0 Å². The van der Waals surface area contributed by atoms with E-state index in [0.717, 1.165) is 6.92 Å². The Bertz CT molecular complexity index is 74.9. The third-order valence-electron chi connectivity index (χ3n) is 0. The van der Waals surface area contributed by atoms with Crippen LogP contribution < -0.4 is 0 Å². The summed E-state index contributed by atoms with van der Waals surface area (Å²) in [5.74, 6) is -0.833. The second-order valence-corrected chi connectivity index (χ2v) is 0.802. The Hall–Kier alpha value is 1.38. The predicted octanol–water partition coefficient (Wildman–Crippen LogP) is -0.984. The monoisotopic (exact) mass is 186 g/mol. The summed E-state index contributed by atoms with van der Waals surface area (Å²) < 4.78 is 0. The molecule has 0 heterocycles. The minimum atomic E-state index is -1.83. The van der Waals surface area contributed by atoms with Gasteiger partial charge in [0.1, 0.15) is 0 Å². The van der Waals surface area contributed by atoms with Gasteiger partial charge in [-0.1, -0.05) is 0 Å². The van der Waals surface area contributed by atoms with Crippen molar-refractivity contribution in [2.75, 3.05) is 0 Å². The molecule has 0 aliphatic carbocycles. The number of carbonyl (C=O) groups is 2. The standard InChI is InChI=1S/C2H4O2.CH2O3.K.Na.2H/c1-2(3)4;2-1(3)4;;;;/h1H3,(H,3,4);(H2,2,3,4);;;;. The molecule has 0 unspecified atom stereocenters. The molecule has 5 nitrogen and oxygen atoms in total. The van der Waals surface area contributed by atoms with Gasteiger partial charge >= 0.3 is 87.1 Å². The van der Waals surface area contributed by atoms with Gasteiger partial charge in [-0.05, 0) is 0 Å². The van der Waals surface area contributed by atoms with Crippen LogP contribution in [0.2, 0.25) is 0 Å². The molecule has 3 N–H and O–H groups in total. The van der Waals surface area contributed by atoms with Gasteiger partial charge in [-0.25, -0.2) is 4.79 Å². The summed E-state index contributed by atoms with van der Waals surface area (Å²) in [5.41, 5.74) is 0. The van der Waals surface area contributed by atoms with Crippen LogP contribution in [0.25, 0.3) is 0 Å². The fourth-order valence-electron chi connectivity index (χ4n) is 0. The van der Waals surface area contributed by atoms with Gasteiger partial charge in [-0.15, -0.1) is 0 Å². The minimum absolute atomic E-state index is 0. The molecule has 0 spiro atoms. The molecule has 0 fully saturated rings. The first-order valence-electron chi connectivity index (χ1n) is 1.58. The Kier molecular flexibility index (Phi) is 37.7. The van der Waals surface area contributed by atoms with E-state index >= 15 is 0 Å². The van der Waals surface area contributed by atoms with E-state index in [0.29, 0.717) is 0 Å². The van der Waals surface area contributed by atoms with E-state index in [-0.39, 0.29) is 80.9 Å². The molecule has 10 heavy (non-hydrogen) atoms. The summed E-state index contributed by atoms with van der Waals surface area (Å²) in [6.07, 6.45) is -1.83. The topological polar surface area (TPSA) is 94.8 Å². The third-order valence-corrected chi connectivity index (χ3v) is 0. The molecule has 7 heteroatoms. The first-order chi connectivity index (χ1) is 3.46. The average molecular weight is 186 g/mol. The Labute approximate surface area is 123 Å². The third kappa shape index (κ3) is 347. The zero-order valence-electron chi connectivity index (χ0n) is 4.16. The van der Waals surface area contributed by atoms with E-state index in [2.05, 4.69) is 0 Å². The van der Waals surface area contributed by atoms with Crippen LogP contribution in [0.15, 0.2) is 0 Å². The molecule has 0 aliphatic rings. The molecule has 0 aliphatic heterocycles. The van der Waals surface area contributed by atoms with E-state index in [1.807, 2.05) is 0 Å². The van der Waals surface area contributed by atoms with Crippen LogP contribution in [-0.2, 0) is 4.79 Å². The molecule has 0 radical (unpaired) electrons. The molecule has 0 saturated heterocycles. The van der Waals surface area contributed by atoms with Gasteiger partial charge in [0.05, 0.1) is 0 Å². The Morgan fingerprint density at radius 3 is 1.10 bits per heavy atom. The normalized spacial score (nSPS) is 4.90. The molecular weight excluding hydrogens is 178 g/mol. The fourth-order valence-corrected chi connectivity index (χ4v) is 0. The summed E-state index contributed by atoms with van der Waals surface area (Å²) in [4.78, 5) is 17.6. The summed E-state index contributed by atoms with van der Waals surface area (Å²) >= 11 is 0. The number of aliphatic carboxylic acids is 1. The molecule has 52 valence electrons. The number of rotatable bonds is 0. The van der Waals surface area contributed by atoms with Crippen molar-refractivity contribution >= 4 is 93.1 Å². The van der Waals surface area contributed by atoms with Gasteiger partial charge in [0.15, 0.2) is 0 Å². The van der Waals surface area contributed by atoms with Crippen molar-refractivity contribution in [1.82, 2.24) is 0 Å². The molecule has 0 atom stereocenters. The van der Waals surface area contributed by atoms with Crippen LogP contribution in [0, 0.1) is 0 Å². The maximum atomic E-state index is 9.00. The molecule has 0 aromatic rings. The molecule has 0 aromatic heterocycles. The van der Waals surface area contributed by atoms with Crippen LogP contribution in [-0.4, -0.2) is 108 Å². The quantitative estimate of drug-likeness (QED) is 0.422. The molecule has 0 rings (SSSR count). The van der Waals surface area contributed by atoms with E-state index in [9.17, 15) is 0 Å². The number of hydrogen-bond acceptors (Lipinski definition) is 2. The van der Waals surface area contributed by atoms with Gasteiger partial charge in [-0.2, -0.15) is 0 Å². The van der Waals surface area contributed by atoms with Crippen LogP contribution in [0.3, 0.4) is 0 Å². The molecule has 0 aromatic carbocycles. The van der Waals surface area contributed by atoms with E-state index < -0.39 is 12.1 Å². The van der Waals surface area contributed by atoms with Crippen molar-refractivity contribution in [3.8, 4) is 0 Å². The van der Waals surface area contributed by atoms with Crippen LogP contribution in [0.5, 0.6) is 0 Å². The summed E-state index contributed by atoms with van der Waals surface area (Å²) in [5, 5.41) is 21.4. The summed E-state index contributed by atoms with van der Waals surface area (Å²) in [6.45, 7) is 1.08. The second kappa shape index (κ2) is 16.8. The van der Waals surface area contributed by atoms with Gasteiger partial charge in [-0.3, -0.25) is 4.79 Å². The van der Waals surface area contributed by atoms with Crippen molar-refractivity contribution in [2.24, 2.45) is 0 Å². The first kappa shape index (κ1) is 22.5. The van der Waals surface area contributed by atoms with Crippen molar-refractivity contribution < 1.29 is 24.9 Å².